The molecule has 24 heavy (non-hydrogen) atoms. The van der Waals surface area contributed by atoms with E-state index in [4.69, 9.17) is 10.5 Å². The van der Waals surface area contributed by atoms with Crippen molar-refractivity contribution < 1.29 is 4.74 Å². The first kappa shape index (κ1) is 23.1. The van der Waals surface area contributed by atoms with E-state index in [0.717, 1.165) is 51.2 Å². The van der Waals surface area contributed by atoms with Crippen LogP contribution in [0.4, 0.5) is 5.69 Å². The minimum atomic E-state index is 0. The molecule has 5 nitrogen and oxygen atoms in total. The van der Waals surface area contributed by atoms with Crippen molar-refractivity contribution in [2.45, 2.75) is 33.1 Å². The van der Waals surface area contributed by atoms with Gasteiger partial charge in [0.15, 0.2) is 5.96 Å². The summed E-state index contributed by atoms with van der Waals surface area (Å²) in [6.07, 6.45) is 2.94. The van der Waals surface area contributed by atoms with Crippen LogP contribution in [-0.2, 0) is 17.6 Å². The predicted octanol–water partition coefficient (Wildman–Crippen LogP) is 3.12. The second-order valence-corrected chi connectivity index (χ2v) is 5.70. The number of nitrogens with zero attached hydrogens (tertiary/aromatic N) is 2. The quantitative estimate of drug-likeness (QED) is 0.250. The highest BCUT2D eigenvalue weighted by Gasteiger charge is 2.06. The van der Waals surface area contributed by atoms with E-state index in [-0.39, 0.29) is 24.0 Å². The van der Waals surface area contributed by atoms with Crippen LogP contribution < -0.4 is 11.1 Å². The molecule has 0 heterocycles. The monoisotopic (exact) mass is 448 g/mol. The topological polar surface area (TPSA) is 62.9 Å². The zero-order valence-electron chi connectivity index (χ0n) is 15.5. The number of ether oxygens (including phenoxy) is 1. The maximum absolute atomic E-state index is 6.06. The summed E-state index contributed by atoms with van der Waals surface area (Å²) in [4.78, 5) is 6.69. The first-order valence-electron chi connectivity index (χ1n) is 8.47. The van der Waals surface area contributed by atoms with E-state index >= 15 is 0 Å². The van der Waals surface area contributed by atoms with Crippen molar-refractivity contribution >= 4 is 35.6 Å². The number of hydrogen-bond donors (Lipinski definition) is 2. The summed E-state index contributed by atoms with van der Waals surface area (Å²) in [6.45, 7) is 7.73. The van der Waals surface area contributed by atoms with E-state index in [1.54, 1.807) is 7.11 Å². The number of anilines is 1. The lowest BCUT2D eigenvalue weighted by Crippen LogP contribution is -2.26. The summed E-state index contributed by atoms with van der Waals surface area (Å²) in [6, 6.07) is 6.38. The molecule has 138 valence electrons. The van der Waals surface area contributed by atoms with Gasteiger partial charge in [-0.25, -0.2) is 0 Å². The number of rotatable bonds is 10. The largest absolute Gasteiger partial charge is 0.383 e. The number of likely N-dealkylation sites (N-methyl/N-ethyl adjacent to an activating group) is 1. The van der Waals surface area contributed by atoms with Gasteiger partial charge in [0, 0.05) is 25.9 Å². The lowest BCUT2D eigenvalue weighted by molar-refractivity contribution is 0.161. The van der Waals surface area contributed by atoms with Crippen LogP contribution in [0, 0.1) is 0 Å². The van der Waals surface area contributed by atoms with Crippen molar-refractivity contribution in [1.29, 1.82) is 0 Å². The minimum absolute atomic E-state index is 0. The van der Waals surface area contributed by atoms with Crippen molar-refractivity contribution in [3.63, 3.8) is 0 Å². The summed E-state index contributed by atoms with van der Waals surface area (Å²) in [5, 5.41) is 3.30. The highest BCUT2D eigenvalue weighted by molar-refractivity contribution is 14.0. The number of nitrogens with one attached hydrogen (secondary N) is 1. The molecular formula is C18H33IN4O. The number of aliphatic imine (C=N–C) groups is 1. The molecule has 0 aliphatic carbocycles. The zero-order valence-corrected chi connectivity index (χ0v) is 17.8. The number of halogens is 1. The van der Waals surface area contributed by atoms with E-state index in [2.05, 4.69) is 54.3 Å². The third kappa shape index (κ3) is 8.30. The Labute approximate surface area is 164 Å². The second-order valence-electron chi connectivity index (χ2n) is 5.70. The van der Waals surface area contributed by atoms with Gasteiger partial charge < -0.3 is 20.7 Å². The average Bonchev–Trinajstić information content (AvgIpc) is 2.57. The normalized spacial score (nSPS) is 11.5. The highest BCUT2D eigenvalue weighted by Crippen LogP contribution is 2.22. The molecule has 0 unspecified atom stereocenters. The van der Waals surface area contributed by atoms with E-state index in [1.165, 1.54) is 11.1 Å². The molecule has 0 amide bonds. The fourth-order valence-corrected chi connectivity index (χ4v) is 2.47. The van der Waals surface area contributed by atoms with Gasteiger partial charge in [0.25, 0.3) is 0 Å². The van der Waals surface area contributed by atoms with Gasteiger partial charge in [0.05, 0.1) is 6.61 Å². The second kappa shape index (κ2) is 13.4. The molecular weight excluding hydrogens is 415 g/mol. The van der Waals surface area contributed by atoms with Crippen LogP contribution in [-0.4, -0.2) is 51.3 Å². The first-order chi connectivity index (χ1) is 11.1. The van der Waals surface area contributed by atoms with Gasteiger partial charge in [-0.05, 0) is 44.0 Å². The van der Waals surface area contributed by atoms with Crippen LogP contribution in [0.25, 0.3) is 0 Å². The predicted molar refractivity (Wildman–Crippen MR) is 115 cm³/mol. The number of aryl methyl sites for hydroxylation is 2. The van der Waals surface area contributed by atoms with Gasteiger partial charge in [-0.1, -0.05) is 32.0 Å². The van der Waals surface area contributed by atoms with Gasteiger partial charge >= 0.3 is 0 Å². The average molecular weight is 448 g/mol. The molecule has 0 aliphatic heterocycles. The molecule has 0 spiro atoms. The number of hydrogen-bond acceptors (Lipinski definition) is 3. The molecule has 1 aromatic carbocycles. The van der Waals surface area contributed by atoms with Gasteiger partial charge in [0.2, 0.25) is 0 Å². The van der Waals surface area contributed by atoms with E-state index < -0.39 is 0 Å². The maximum Gasteiger partial charge on any atom is 0.193 e. The fraction of sp³-hybridized carbons (Fsp3) is 0.611. The molecule has 0 saturated heterocycles. The smallest absolute Gasteiger partial charge is 0.193 e. The molecule has 0 atom stereocenters. The third-order valence-electron chi connectivity index (χ3n) is 3.91. The third-order valence-corrected chi connectivity index (χ3v) is 3.91. The molecule has 0 bridgehead atoms. The number of guanidine groups is 1. The Bertz CT molecular complexity index is 472. The van der Waals surface area contributed by atoms with Crippen LogP contribution in [0.1, 0.15) is 31.4 Å². The number of benzene rings is 1. The van der Waals surface area contributed by atoms with Crippen molar-refractivity contribution in [1.82, 2.24) is 4.90 Å². The molecule has 0 aliphatic rings. The van der Waals surface area contributed by atoms with E-state index in [9.17, 15) is 0 Å². The highest BCUT2D eigenvalue weighted by atomic mass is 127. The van der Waals surface area contributed by atoms with Crippen LogP contribution in [0.3, 0.4) is 0 Å². The molecule has 3 N–H and O–H groups in total. The Morgan fingerprint density at radius 2 is 1.83 bits per heavy atom. The number of methoxy groups -OCH3 is 1. The van der Waals surface area contributed by atoms with E-state index in [1.807, 2.05) is 0 Å². The summed E-state index contributed by atoms with van der Waals surface area (Å²) in [7, 11) is 3.82. The van der Waals surface area contributed by atoms with Gasteiger partial charge in [0.1, 0.15) is 0 Å². The molecule has 6 heteroatoms. The van der Waals surface area contributed by atoms with Crippen molar-refractivity contribution in [2.75, 3.05) is 45.7 Å². The Kier molecular flexibility index (Phi) is 13.0. The Hall–Kier alpha value is -0.860. The maximum atomic E-state index is 6.06. The van der Waals surface area contributed by atoms with E-state index in [0.29, 0.717) is 5.96 Å². The zero-order chi connectivity index (χ0) is 17.1. The Balaban J connectivity index is 0.00000529. The van der Waals surface area contributed by atoms with Crippen molar-refractivity contribution in [3.8, 4) is 0 Å². The van der Waals surface area contributed by atoms with Gasteiger partial charge in [-0.3, -0.25) is 4.99 Å². The number of nitrogens with two attached hydrogens (primary N) is 1. The Morgan fingerprint density at radius 3 is 2.38 bits per heavy atom. The SMILES string of the molecule is CCc1cccc(CC)c1NC(N)=NCCCN(C)CCOC.I. The Morgan fingerprint density at radius 1 is 1.21 bits per heavy atom. The van der Waals surface area contributed by atoms with Crippen molar-refractivity contribution in [3.05, 3.63) is 29.3 Å². The van der Waals surface area contributed by atoms with Gasteiger partial charge in [-0.2, -0.15) is 0 Å². The van der Waals surface area contributed by atoms with Crippen molar-refractivity contribution in [2.24, 2.45) is 10.7 Å². The molecule has 0 aromatic heterocycles. The first-order valence-corrected chi connectivity index (χ1v) is 8.47. The molecule has 1 rings (SSSR count). The lowest BCUT2D eigenvalue weighted by atomic mass is 10.0. The summed E-state index contributed by atoms with van der Waals surface area (Å²) < 4.78 is 5.07. The lowest BCUT2D eigenvalue weighted by Gasteiger charge is -2.16. The molecule has 0 saturated carbocycles. The summed E-state index contributed by atoms with van der Waals surface area (Å²) in [5.74, 6) is 0.500. The summed E-state index contributed by atoms with van der Waals surface area (Å²) >= 11 is 0. The van der Waals surface area contributed by atoms with Crippen LogP contribution >= 0.6 is 24.0 Å². The minimum Gasteiger partial charge on any atom is -0.383 e. The van der Waals surface area contributed by atoms with Crippen LogP contribution in [0.15, 0.2) is 23.2 Å². The summed E-state index contributed by atoms with van der Waals surface area (Å²) in [5.41, 5.74) is 9.74. The molecule has 0 radical (unpaired) electrons. The van der Waals surface area contributed by atoms with Gasteiger partial charge in [-0.15, -0.1) is 24.0 Å². The molecule has 0 fully saturated rings. The standard InChI is InChI=1S/C18H32N4O.HI/c1-5-15-9-7-10-16(6-2)17(15)21-18(19)20-11-8-12-22(3)13-14-23-4;/h7,9-10H,5-6,8,11-14H2,1-4H3,(H3,19,20,21);1H. The van der Waals surface area contributed by atoms with Crippen LogP contribution in [0.2, 0.25) is 0 Å². The molecule has 1 aromatic rings. The fourth-order valence-electron chi connectivity index (χ4n) is 2.47. The number of para-hydroxylation sites is 1. The van der Waals surface area contributed by atoms with Crippen LogP contribution in [0.5, 0.6) is 0 Å².